The molecule has 4 heteroatoms. The number of fused-ring (bicyclic) bond motifs is 1. The smallest absolute Gasteiger partial charge is 0.271 e. The fraction of sp³-hybridized carbons (Fsp3) is 0.300. The van der Waals surface area contributed by atoms with E-state index in [1.165, 1.54) is 0 Å². The maximum atomic E-state index is 11.3. The van der Waals surface area contributed by atoms with Crippen LogP contribution < -0.4 is 11.3 Å². The van der Waals surface area contributed by atoms with Crippen LogP contribution in [-0.4, -0.2) is 10.2 Å². The van der Waals surface area contributed by atoms with Crippen LogP contribution in [0.5, 0.6) is 0 Å². The minimum atomic E-state index is -0.116. The summed E-state index contributed by atoms with van der Waals surface area (Å²) in [6, 6.07) is 3.67. The van der Waals surface area contributed by atoms with Gasteiger partial charge in [-0.15, -0.1) is 0 Å². The third-order valence-electron chi connectivity index (χ3n) is 2.35. The van der Waals surface area contributed by atoms with E-state index in [9.17, 15) is 4.79 Å². The molecule has 0 amide bonds. The number of aromatic amines is 2. The van der Waals surface area contributed by atoms with Crippen molar-refractivity contribution in [3.63, 3.8) is 0 Å². The van der Waals surface area contributed by atoms with Gasteiger partial charge in [-0.2, -0.15) is 0 Å². The van der Waals surface area contributed by atoms with Gasteiger partial charge in [0.2, 0.25) is 0 Å². The fourth-order valence-corrected chi connectivity index (χ4v) is 1.63. The summed E-state index contributed by atoms with van der Waals surface area (Å²) in [6.45, 7) is 2.10. The number of benzene rings is 1. The standard InChI is InChI=1S/C10H13N3O/c1-2-3-6-4-9-7(5-8(6)11)10(14)13-12-9/h4-5H,2-3,11H2,1H3,(H2,12,13,14). The Morgan fingerprint density at radius 1 is 1.36 bits per heavy atom. The predicted molar refractivity (Wildman–Crippen MR) is 57.3 cm³/mol. The largest absolute Gasteiger partial charge is 0.398 e. The van der Waals surface area contributed by atoms with Crippen molar-refractivity contribution in [1.29, 1.82) is 0 Å². The van der Waals surface area contributed by atoms with Crippen LogP contribution in [0.15, 0.2) is 16.9 Å². The number of rotatable bonds is 2. The SMILES string of the molecule is CCCc1cc2[nH][nH]c(=O)c2cc1N. The first kappa shape index (κ1) is 8.87. The molecule has 0 saturated carbocycles. The van der Waals surface area contributed by atoms with Gasteiger partial charge in [-0.25, -0.2) is 0 Å². The second kappa shape index (κ2) is 3.21. The average Bonchev–Trinajstić information content (AvgIpc) is 2.50. The van der Waals surface area contributed by atoms with Gasteiger partial charge < -0.3 is 5.73 Å². The Morgan fingerprint density at radius 3 is 2.86 bits per heavy atom. The molecule has 2 rings (SSSR count). The number of hydrogen-bond donors (Lipinski definition) is 3. The minimum absolute atomic E-state index is 0.116. The highest BCUT2D eigenvalue weighted by Crippen LogP contribution is 2.19. The first-order chi connectivity index (χ1) is 6.72. The molecule has 0 saturated heterocycles. The van der Waals surface area contributed by atoms with Crippen molar-refractivity contribution in [3.8, 4) is 0 Å². The van der Waals surface area contributed by atoms with Gasteiger partial charge in [0.1, 0.15) is 0 Å². The number of H-pyrrole nitrogens is 2. The van der Waals surface area contributed by atoms with Gasteiger partial charge in [0.15, 0.2) is 0 Å². The van der Waals surface area contributed by atoms with Gasteiger partial charge in [-0.3, -0.25) is 15.0 Å². The molecule has 0 unspecified atom stereocenters. The molecule has 2 aromatic rings. The van der Waals surface area contributed by atoms with Crippen LogP contribution in [0.25, 0.3) is 10.9 Å². The van der Waals surface area contributed by atoms with E-state index in [4.69, 9.17) is 5.73 Å². The Morgan fingerprint density at radius 2 is 2.14 bits per heavy atom. The average molecular weight is 191 g/mol. The highest BCUT2D eigenvalue weighted by molar-refractivity contribution is 5.82. The van der Waals surface area contributed by atoms with Crippen LogP contribution >= 0.6 is 0 Å². The lowest BCUT2D eigenvalue weighted by atomic mass is 10.1. The molecular formula is C10H13N3O. The number of nitrogen functional groups attached to an aromatic ring is 1. The molecule has 4 nitrogen and oxygen atoms in total. The van der Waals surface area contributed by atoms with E-state index in [1.807, 2.05) is 6.07 Å². The van der Waals surface area contributed by atoms with Crippen LogP contribution in [-0.2, 0) is 6.42 Å². The highest BCUT2D eigenvalue weighted by Gasteiger charge is 2.05. The van der Waals surface area contributed by atoms with Crippen molar-refractivity contribution in [1.82, 2.24) is 10.2 Å². The molecule has 0 spiro atoms. The summed E-state index contributed by atoms with van der Waals surface area (Å²) in [4.78, 5) is 11.3. The van der Waals surface area contributed by atoms with Crippen molar-refractivity contribution < 1.29 is 0 Å². The first-order valence-corrected chi connectivity index (χ1v) is 4.71. The molecule has 0 atom stereocenters. The van der Waals surface area contributed by atoms with Gasteiger partial charge in [0.25, 0.3) is 5.56 Å². The molecule has 1 aromatic carbocycles. The topological polar surface area (TPSA) is 74.7 Å². The summed E-state index contributed by atoms with van der Waals surface area (Å²) in [5, 5.41) is 5.99. The van der Waals surface area contributed by atoms with E-state index in [2.05, 4.69) is 17.1 Å². The Bertz CT molecular complexity index is 510. The third kappa shape index (κ3) is 1.28. The van der Waals surface area contributed by atoms with Crippen LogP contribution in [0.2, 0.25) is 0 Å². The monoisotopic (exact) mass is 191 g/mol. The molecule has 1 heterocycles. The molecule has 0 aliphatic carbocycles. The Balaban J connectivity index is 2.66. The summed E-state index contributed by atoms with van der Waals surface area (Å²) in [6.07, 6.45) is 1.99. The van der Waals surface area contributed by atoms with E-state index in [0.717, 1.165) is 23.9 Å². The number of nitrogens with one attached hydrogen (secondary N) is 2. The molecule has 1 aromatic heterocycles. The Hall–Kier alpha value is -1.71. The molecule has 14 heavy (non-hydrogen) atoms. The van der Waals surface area contributed by atoms with Crippen LogP contribution in [0.4, 0.5) is 5.69 Å². The number of aromatic nitrogens is 2. The third-order valence-corrected chi connectivity index (χ3v) is 2.35. The van der Waals surface area contributed by atoms with E-state index in [1.54, 1.807) is 6.07 Å². The van der Waals surface area contributed by atoms with Crippen molar-refractivity contribution in [2.45, 2.75) is 19.8 Å². The van der Waals surface area contributed by atoms with Gasteiger partial charge in [0.05, 0.1) is 10.9 Å². The lowest BCUT2D eigenvalue weighted by molar-refractivity contribution is 0.925. The van der Waals surface area contributed by atoms with Gasteiger partial charge in [-0.1, -0.05) is 13.3 Å². The summed E-state index contributed by atoms with van der Waals surface area (Å²) < 4.78 is 0. The molecular weight excluding hydrogens is 178 g/mol. The number of hydrogen-bond acceptors (Lipinski definition) is 2. The molecule has 0 aliphatic heterocycles. The van der Waals surface area contributed by atoms with Gasteiger partial charge >= 0.3 is 0 Å². The zero-order chi connectivity index (χ0) is 10.1. The van der Waals surface area contributed by atoms with Crippen molar-refractivity contribution in [3.05, 3.63) is 28.0 Å². The lowest BCUT2D eigenvalue weighted by Gasteiger charge is -2.03. The predicted octanol–water partition coefficient (Wildman–Crippen LogP) is 1.39. The number of aryl methyl sites for hydroxylation is 1. The molecule has 0 radical (unpaired) electrons. The second-order valence-corrected chi connectivity index (χ2v) is 3.43. The fourth-order valence-electron chi connectivity index (χ4n) is 1.63. The summed E-state index contributed by atoms with van der Waals surface area (Å²) in [7, 11) is 0. The summed E-state index contributed by atoms with van der Waals surface area (Å²) >= 11 is 0. The summed E-state index contributed by atoms with van der Waals surface area (Å²) in [5.74, 6) is 0. The van der Waals surface area contributed by atoms with Gasteiger partial charge in [-0.05, 0) is 24.1 Å². The molecule has 74 valence electrons. The molecule has 4 N–H and O–H groups in total. The van der Waals surface area contributed by atoms with E-state index >= 15 is 0 Å². The quantitative estimate of drug-likeness (QED) is 0.627. The maximum absolute atomic E-state index is 11.3. The van der Waals surface area contributed by atoms with Crippen molar-refractivity contribution in [2.75, 3.05) is 5.73 Å². The normalized spacial score (nSPS) is 10.9. The second-order valence-electron chi connectivity index (χ2n) is 3.43. The van der Waals surface area contributed by atoms with Crippen molar-refractivity contribution >= 4 is 16.6 Å². The van der Waals surface area contributed by atoms with E-state index in [0.29, 0.717) is 11.1 Å². The maximum Gasteiger partial charge on any atom is 0.271 e. The van der Waals surface area contributed by atoms with Crippen molar-refractivity contribution in [2.24, 2.45) is 0 Å². The van der Waals surface area contributed by atoms with Gasteiger partial charge in [0, 0.05) is 5.69 Å². The Labute approximate surface area is 81.1 Å². The molecule has 0 aliphatic rings. The number of anilines is 1. The zero-order valence-electron chi connectivity index (χ0n) is 8.05. The number of nitrogens with two attached hydrogens (primary N) is 1. The lowest BCUT2D eigenvalue weighted by Crippen LogP contribution is -1.99. The van der Waals surface area contributed by atoms with Crippen LogP contribution in [0.1, 0.15) is 18.9 Å². The van der Waals surface area contributed by atoms with Crippen LogP contribution in [0.3, 0.4) is 0 Å². The zero-order valence-corrected chi connectivity index (χ0v) is 8.05. The molecule has 0 fully saturated rings. The van der Waals surface area contributed by atoms with Crippen LogP contribution in [0, 0.1) is 0 Å². The summed E-state index contributed by atoms with van der Waals surface area (Å²) in [5.41, 5.74) is 8.34. The minimum Gasteiger partial charge on any atom is -0.398 e. The van der Waals surface area contributed by atoms with E-state index in [-0.39, 0.29) is 5.56 Å². The highest BCUT2D eigenvalue weighted by atomic mass is 16.1. The molecule has 0 bridgehead atoms. The first-order valence-electron chi connectivity index (χ1n) is 4.71. The Kier molecular flexibility index (Phi) is 2.04. The van der Waals surface area contributed by atoms with E-state index < -0.39 is 0 Å².